The number of hydrogen-bond donors (Lipinski definition) is 1. The monoisotopic (exact) mass is 537 g/mol. The molecule has 4 aliphatic rings. The third kappa shape index (κ3) is 3.82. The summed E-state index contributed by atoms with van der Waals surface area (Å²) in [7, 11) is 0. The van der Waals surface area contributed by atoms with Gasteiger partial charge in [-0.2, -0.15) is 4.98 Å². The number of halogens is 3. The zero-order valence-corrected chi connectivity index (χ0v) is 22.4. The van der Waals surface area contributed by atoms with E-state index in [2.05, 4.69) is 33.9 Å². The Morgan fingerprint density at radius 1 is 1.08 bits per heavy atom. The first-order valence-electron chi connectivity index (χ1n) is 14.2. The second-order valence-electron chi connectivity index (χ2n) is 11.2. The molecule has 39 heavy (non-hydrogen) atoms. The summed E-state index contributed by atoms with van der Waals surface area (Å²) >= 11 is 0. The van der Waals surface area contributed by atoms with Gasteiger partial charge >= 0.3 is 0 Å². The average Bonchev–Trinajstić information content (AvgIpc) is 3.71. The maximum absolute atomic E-state index is 15.0. The van der Waals surface area contributed by atoms with Crippen LogP contribution in [0.4, 0.5) is 24.9 Å². The van der Waals surface area contributed by atoms with Crippen molar-refractivity contribution in [2.75, 3.05) is 62.2 Å². The first-order chi connectivity index (χ1) is 19.0. The first-order valence-corrected chi connectivity index (χ1v) is 14.2. The minimum absolute atomic E-state index is 0.0702. The Kier molecular flexibility index (Phi) is 5.97. The van der Waals surface area contributed by atoms with E-state index in [0.717, 1.165) is 58.2 Å². The molecule has 10 heteroatoms. The smallest absolute Gasteiger partial charge is 0.276 e. The molecule has 4 heterocycles. The lowest BCUT2D eigenvalue weighted by atomic mass is 9.93. The molecule has 2 unspecified atom stereocenters. The first kappa shape index (κ1) is 25.0. The standard InChI is InChI=1S/C29H34F3N7/c1-3-37(4-2)17-15-39(16-17)28-35-26-20(13-30)25(34-14-21(26)27(36-28)38-10-8-33-9-11-38)18-6-5-7-22-24(18)19-12-23(19)29(22,31)32/h5-7,14,17,19,23,33H,3-4,8-13,15-16H2,1-2H3. The number of nitrogens with one attached hydrogen (secondary N) is 1. The van der Waals surface area contributed by atoms with Gasteiger partial charge in [0.05, 0.1) is 16.6 Å². The van der Waals surface area contributed by atoms with E-state index in [9.17, 15) is 13.2 Å². The molecule has 2 atom stereocenters. The maximum atomic E-state index is 15.0. The van der Waals surface area contributed by atoms with E-state index in [1.165, 1.54) is 6.07 Å². The van der Waals surface area contributed by atoms with Crippen molar-refractivity contribution in [1.82, 2.24) is 25.2 Å². The second kappa shape index (κ2) is 9.30. The molecule has 2 saturated heterocycles. The lowest BCUT2D eigenvalue weighted by Crippen LogP contribution is -2.60. The molecule has 7 rings (SSSR count). The molecule has 3 fully saturated rings. The number of anilines is 2. The molecule has 2 aliphatic heterocycles. The highest BCUT2D eigenvalue weighted by Gasteiger charge is 2.64. The van der Waals surface area contributed by atoms with Gasteiger partial charge in [-0.1, -0.05) is 32.0 Å². The SMILES string of the molecule is CCN(CC)C1CN(c2nc(N3CCNCC3)c3cnc(-c4cccc5c4C4CC4C5(F)F)c(CF)c3n2)C1. The van der Waals surface area contributed by atoms with E-state index in [0.29, 0.717) is 51.7 Å². The Hall–Kier alpha value is -2.98. The third-order valence-electron chi connectivity index (χ3n) is 9.18. The predicted octanol–water partition coefficient (Wildman–Crippen LogP) is 4.31. The lowest BCUT2D eigenvalue weighted by molar-refractivity contribution is -0.0224. The fraction of sp³-hybridized carbons (Fsp3) is 0.552. The van der Waals surface area contributed by atoms with Crippen LogP contribution >= 0.6 is 0 Å². The number of aromatic nitrogens is 3. The maximum Gasteiger partial charge on any atom is 0.276 e. The number of rotatable bonds is 7. The van der Waals surface area contributed by atoms with Gasteiger partial charge in [0.1, 0.15) is 12.5 Å². The van der Waals surface area contributed by atoms with Gasteiger partial charge in [0.15, 0.2) is 0 Å². The van der Waals surface area contributed by atoms with Crippen molar-refractivity contribution in [2.24, 2.45) is 5.92 Å². The van der Waals surface area contributed by atoms with E-state index in [-0.39, 0.29) is 11.5 Å². The van der Waals surface area contributed by atoms with Crippen molar-refractivity contribution in [1.29, 1.82) is 0 Å². The van der Waals surface area contributed by atoms with E-state index >= 15 is 0 Å². The Bertz CT molecular complexity index is 1410. The number of nitrogens with zero attached hydrogens (tertiary/aromatic N) is 6. The van der Waals surface area contributed by atoms with Crippen molar-refractivity contribution in [2.45, 2.75) is 44.8 Å². The summed E-state index contributed by atoms with van der Waals surface area (Å²) in [5.41, 5.74) is 2.62. The van der Waals surface area contributed by atoms with Crippen LogP contribution in [0.25, 0.3) is 22.2 Å². The van der Waals surface area contributed by atoms with Gasteiger partial charge in [-0.05, 0) is 31.0 Å². The highest BCUT2D eigenvalue weighted by atomic mass is 19.3. The van der Waals surface area contributed by atoms with Crippen LogP contribution in [0, 0.1) is 5.92 Å². The summed E-state index contributed by atoms with van der Waals surface area (Å²) in [4.78, 5) is 21.5. The van der Waals surface area contributed by atoms with Gasteiger partial charge in [0, 0.05) is 74.1 Å². The van der Waals surface area contributed by atoms with Gasteiger partial charge in [-0.3, -0.25) is 9.88 Å². The molecule has 0 bridgehead atoms. The fourth-order valence-corrected chi connectivity index (χ4v) is 6.90. The third-order valence-corrected chi connectivity index (χ3v) is 9.18. The molecule has 0 radical (unpaired) electrons. The molecule has 1 aromatic carbocycles. The van der Waals surface area contributed by atoms with Crippen molar-refractivity contribution in [3.8, 4) is 11.3 Å². The van der Waals surface area contributed by atoms with E-state index in [1.54, 1.807) is 12.3 Å². The van der Waals surface area contributed by atoms with Crippen molar-refractivity contribution in [3.05, 3.63) is 41.1 Å². The van der Waals surface area contributed by atoms with Gasteiger partial charge in [0.2, 0.25) is 5.95 Å². The molecule has 7 nitrogen and oxygen atoms in total. The fourth-order valence-electron chi connectivity index (χ4n) is 6.90. The summed E-state index contributed by atoms with van der Waals surface area (Å²) in [6.45, 7) is 10.4. The van der Waals surface area contributed by atoms with Gasteiger partial charge < -0.3 is 15.1 Å². The lowest BCUT2D eigenvalue weighted by Gasteiger charge is -2.45. The van der Waals surface area contributed by atoms with Crippen molar-refractivity contribution < 1.29 is 13.2 Å². The second-order valence-corrected chi connectivity index (χ2v) is 11.2. The van der Waals surface area contributed by atoms with Crippen LogP contribution in [0.1, 0.15) is 42.9 Å². The molecular formula is C29H34F3N7. The van der Waals surface area contributed by atoms with Crippen molar-refractivity contribution in [3.63, 3.8) is 0 Å². The summed E-state index contributed by atoms with van der Waals surface area (Å²) in [5.74, 6) is -2.32. The normalized spacial score (nSPS) is 23.7. The quantitative estimate of drug-likeness (QED) is 0.482. The van der Waals surface area contributed by atoms with Crippen LogP contribution in [0.15, 0.2) is 24.4 Å². The number of benzene rings is 1. The number of fused-ring (bicyclic) bond motifs is 4. The van der Waals surface area contributed by atoms with Crippen LogP contribution in [-0.4, -0.2) is 78.3 Å². The Balaban J connectivity index is 1.36. The number of piperazine rings is 1. The summed E-state index contributed by atoms with van der Waals surface area (Å²) in [5, 5.41) is 4.09. The Labute approximate surface area is 226 Å². The molecule has 0 spiro atoms. The molecule has 0 amide bonds. The van der Waals surface area contributed by atoms with Crippen LogP contribution in [0.5, 0.6) is 0 Å². The minimum Gasteiger partial charge on any atom is -0.353 e. The Morgan fingerprint density at radius 2 is 1.85 bits per heavy atom. The molecule has 3 aromatic rings. The summed E-state index contributed by atoms with van der Waals surface area (Å²) in [6.07, 6.45) is 2.19. The van der Waals surface area contributed by atoms with E-state index in [1.807, 2.05) is 6.07 Å². The highest BCUT2D eigenvalue weighted by molar-refractivity contribution is 5.95. The van der Waals surface area contributed by atoms with Gasteiger partial charge in [-0.15, -0.1) is 0 Å². The number of alkyl halides is 3. The minimum atomic E-state index is -2.84. The van der Waals surface area contributed by atoms with Crippen molar-refractivity contribution >= 4 is 22.7 Å². The van der Waals surface area contributed by atoms with Crippen LogP contribution < -0.4 is 15.1 Å². The van der Waals surface area contributed by atoms with E-state index in [4.69, 9.17) is 15.0 Å². The Morgan fingerprint density at radius 3 is 2.56 bits per heavy atom. The number of pyridine rings is 1. The predicted molar refractivity (Wildman–Crippen MR) is 146 cm³/mol. The van der Waals surface area contributed by atoms with E-state index < -0.39 is 18.5 Å². The zero-order chi connectivity index (χ0) is 26.9. The molecule has 206 valence electrons. The molecular weight excluding hydrogens is 503 g/mol. The molecule has 1 saturated carbocycles. The molecule has 2 aliphatic carbocycles. The van der Waals surface area contributed by atoms with Crippen LogP contribution in [0.3, 0.4) is 0 Å². The molecule has 1 N–H and O–H groups in total. The van der Waals surface area contributed by atoms with Crippen LogP contribution in [0.2, 0.25) is 0 Å². The van der Waals surface area contributed by atoms with Gasteiger partial charge in [0.25, 0.3) is 5.92 Å². The number of hydrogen-bond acceptors (Lipinski definition) is 7. The topological polar surface area (TPSA) is 60.4 Å². The summed E-state index contributed by atoms with van der Waals surface area (Å²) < 4.78 is 44.9. The van der Waals surface area contributed by atoms with Gasteiger partial charge in [-0.25, -0.2) is 18.2 Å². The average molecular weight is 538 g/mol. The zero-order valence-electron chi connectivity index (χ0n) is 22.4. The molecule has 2 aromatic heterocycles. The highest BCUT2D eigenvalue weighted by Crippen LogP contribution is 2.68. The number of likely N-dealkylation sites (N-methyl/N-ethyl adjacent to an activating group) is 1. The largest absolute Gasteiger partial charge is 0.353 e. The van der Waals surface area contributed by atoms with Crippen LogP contribution in [-0.2, 0) is 12.6 Å². The summed E-state index contributed by atoms with van der Waals surface area (Å²) in [6, 6.07) is 5.41.